The normalized spacial score (nSPS) is 9.60. The van der Waals surface area contributed by atoms with E-state index >= 15 is 0 Å². The van der Waals surface area contributed by atoms with Crippen LogP contribution in [0.15, 0.2) is 23.1 Å². The average Bonchev–Trinajstić information content (AvgIpc) is 2.26. The Morgan fingerprint density at radius 3 is 2.53 bits per heavy atom. The maximum absolute atomic E-state index is 11.6. The number of hydrogen-bond donors (Lipinski definition) is 1. The van der Waals surface area contributed by atoms with Gasteiger partial charge in [0.25, 0.3) is 0 Å². The third-order valence-corrected chi connectivity index (χ3v) is 2.06. The molecule has 0 saturated heterocycles. The first-order chi connectivity index (χ1) is 7.18. The summed E-state index contributed by atoms with van der Waals surface area (Å²) in [6.45, 7) is 7.69. The van der Waals surface area contributed by atoms with Crippen LogP contribution in [0.4, 0.5) is 0 Å². The van der Waals surface area contributed by atoms with E-state index in [1.54, 1.807) is 13.1 Å². The summed E-state index contributed by atoms with van der Waals surface area (Å²) in [4.78, 5) is 18.8. The maximum atomic E-state index is 11.6. The first-order valence-corrected chi connectivity index (χ1v) is 5.14. The highest BCUT2D eigenvalue weighted by molar-refractivity contribution is 5.74. The minimum absolute atomic E-state index is 0.0567. The van der Waals surface area contributed by atoms with Crippen LogP contribution in [0, 0.1) is 13.8 Å². The maximum Gasteiger partial charge on any atom is 0.193 e. The number of aromatic nitrogens is 2. The second-order valence-electron chi connectivity index (χ2n) is 3.15. The van der Waals surface area contributed by atoms with Crippen LogP contribution in [0.5, 0.6) is 0 Å². The zero-order valence-electron chi connectivity index (χ0n) is 9.59. The van der Waals surface area contributed by atoms with E-state index in [9.17, 15) is 4.79 Å². The fourth-order valence-corrected chi connectivity index (χ4v) is 1.30. The average molecular weight is 204 g/mol. The Morgan fingerprint density at radius 2 is 1.87 bits per heavy atom. The molecule has 3 heteroatoms. The van der Waals surface area contributed by atoms with Gasteiger partial charge in [-0.2, -0.15) is 0 Å². The van der Waals surface area contributed by atoms with Crippen LogP contribution in [-0.2, 0) is 0 Å². The van der Waals surface area contributed by atoms with E-state index in [1.165, 1.54) is 0 Å². The summed E-state index contributed by atoms with van der Waals surface area (Å²) in [6, 6.07) is 3.65. The van der Waals surface area contributed by atoms with Crippen LogP contribution in [0.25, 0.3) is 11.0 Å². The summed E-state index contributed by atoms with van der Waals surface area (Å²) in [5.74, 6) is 0. The van der Waals surface area contributed by atoms with Crippen LogP contribution in [0.3, 0.4) is 0 Å². The largest absolute Gasteiger partial charge is 0.346 e. The molecule has 2 rings (SSSR count). The molecule has 2 heterocycles. The lowest BCUT2D eigenvalue weighted by atomic mass is 10.2. The first-order valence-electron chi connectivity index (χ1n) is 5.14. The summed E-state index contributed by atoms with van der Waals surface area (Å²) in [5.41, 5.74) is 2.35. The Hall–Kier alpha value is -1.64. The van der Waals surface area contributed by atoms with Gasteiger partial charge in [0.1, 0.15) is 5.65 Å². The summed E-state index contributed by atoms with van der Waals surface area (Å²) in [5, 5.41) is 0.658. The fourth-order valence-electron chi connectivity index (χ4n) is 1.30. The van der Waals surface area contributed by atoms with Crippen LogP contribution in [0.2, 0.25) is 0 Å². The van der Waals surface area contributed by atoms with Crippen molar-refractivity contribution in [3.05, 3.63) is 39.8 Å². The Kier molecular flexibility index (Phi) is 3.61. The molecule has 0 saturated carbocycles. The molecule has 0 spiro atoms. The third kappa shape index (κ3) is 2.24. The molecule has 1 N–H and O–H groups in total. The SMILES string of the molecule is CC.Cc1ccc2c(=O)c(C)c[nH]c2n1. The van der Waals surface area contributed by atoms with Crippen LogP contribution in [-0.4, -0.2) is 9.97 Å². The second-order valence-corrected chi connectivity index (χ2v) is 3.15. The van der Waals surface area contributed by atoms with Crippen molar-refractivity contribution in [2.45, 2.75) is 27.7 Å². The molecule has 0 aliphatic carbocycles. The van der Waals surface area contributed by atoms with E-state index in [2.05, 4.69) is 9.97 Å². The van der Waals surface area contributed by atoms with E-state index in [0.29, 0.717) is 11.0 Å². The summed E-state index contributed by atoms with van der Waals surface area (Å²) < 4.78 is 0. The Morgan fingerprint density at radius 1 is 1.20 bits per heavy atom. The number of pyridine rings is 2. The van der Waals surface area contributed by atoms with Crippen LogP contribution < -0.4 is 5.43 Å². The van der Waals surface area contributed by atoms with E-state index in [-0.39, 0.29) is 5.43 Å². The summed E-state index contributed by atoms with van der Waals surface area (Å²) in [7, 11) is 0. The molecule has 15 heavy (non-hydrogen) atoms. The van der Waals surface area contributed by atoms with Crippen molar-refractivity contribution in [1.82, 2.24) is 9.97 Å². The van der Waals surface area contributed by atoms with E-state index in [4.69, 9.17) is 0 Å². The Bertz CT molecular complexity index is 515. The number of nitrogens with zero attached hydrogens (tertiary/aromatic N) is 1. The molecule has 0 bridgehead atoms. The van der Waals surface area contributed by atoms with Crippen molar-refractivity contribution in [2.75, 3.05) is 0 Å². The van der Waals surface area contributed by atoms with E-state index in [1.807, 2.05) is 32.9 Å². The van der Waals surface area contributed by atoms with Gasteiger partial charge in [0, 0.05) is 17.5 Å². The molecule has 0 aliphatic rings. The number of rotatable bonds is 0. The van der Waals surface area contributed by atoms with Crippen LogP contribution in [0.1, 0.15) is 25.1 Å². The lowest BCUT2D eigenvalue weighted by Gasteiger charge is -1.98. The standard InChI is InChI=1S/C10H10N2O.C2H6/c1-6-5-11-10-8(9(6)13)4-3-7(2)12-10;1-2/h3-5H,1-2H3,(H,11,12,13);1-2H3. The fraction of sp³-hybridized carbons (Fsp3) is 0.333. The molecular weight excluding hydrogens is 188 g/mol. The minimum Gasteiger partial charge on any atom is -0.346 e. The topological polar surface area (TPSA) is 45.8 Å². The predicted molar refractivity (Wildman–Crippen MR) is 63.2 cm³/mol. The number of aryl methyl sites for hydroxylation is 2. The Labute approximate surface area is 89.2 Å². The zero-order chi connectivity index (χ0) is 11.4. The molecule has 80 valence electrons. The summed E-state index contributed by atoms with van der Waals surface area (Å²) in [6.07, 6.45) is 1.69. The molecular formula is C12H16N2O. The molecule has 0 radical (unpaired) electrons. The van der Waals surface area contributed by atoms with Gasteiger partial charge < -0.3 is 4.98 Å². The zero-order valence-corrected chi connectivity index (χ0v) is 9.59. The third-order valence-electron chi connectivity index (χ3n) is 2.06. The molecule has 0 aliphatic heterocycles. The number of aromatic amines is 1. The van der Waals surface area contributed by atoms with Crippen LogP contribution >= 0.6 is 0 Å². The van der Waals surface area contributed by atoms with Gasteiger partial charge in [0.05, 0.1) is 5.39 Å². The smallest absolute Gasteiger partial charge is 0.193 e. The van der Waals surface area contributed by atoms with Gasteiger partial charge in [-0.15, -0.1) is 0 Å². The van der Waals surface area contributed by atoms with Gasteiger partial charge in [-0.05, 0) is 26.0 Å². The highest BCUT2D eigenvalue weighted by atomic mass is 16.1. The van der Waals surface area contributed by atoms with Gasteiger partial charge >= 0.3 is 0 Å². The van der Waals surface area contributed by atoms with E-state index < -0.39 is 0 Å². The minimum atomic E-state index is 0.0567. The molecule has 0 amide bonds. The molecule has 3 nitrogen and oxygen atoms in total. The second kappa shape index (κ2) is 4.73. The number of H-pyrrole nitrogens is 1. The van der Waals surface area contributed by atoms with Crippen molar-refractivity contribution in [3.8, 4) is 0 Å². The lowest BCUT2D eigenvalue weighted by Crippen LogP contribution is -2.07. The quantitative estimate of drug-likeness (QED) is 0.716. The van der Waals surface area contributed by atoms with Gasteiger partial charge in [0.15, 0.2) is 5.43 Å². The highest BCUT2D eigenvalue weighted by Crippen LogP contribution is 2.05. The number of nitrogens with one attached hydrogen (secondary N) is 1. The van der Waals surface area contributed by atoms with Crippen molar-refractivity contribution in [2.24, 2.45) is 0 Å². The van der Waals surface area contributed by atoms with Gasteiger partial charge in [-0.1, -0.05) is 13.8 Å². The first kappa shape index (κ1) is 11.4. The van der Waals surface area contributed by atoms with Crippen molar-refractivity contribution < 1.29 is 0 Å². The monoisotopic (exact) mass is 204 g/mol. The van der Waals surface area contributed by atoms with Crippen molar-refractivity contribution in [3.63, 3.8) is 0 Å². The lowest BCUT2D eigenvalue weighted by molar-refractivity contribution is 1.18. The number of hydrogen-bond acceptors (Lipinski definition) is 2. The molecule has 0 unspecified atom stereocenters. The van der Waals surface area contributed by atoms with Gasteiger partial charge in [0.2, 0.25) is 0 Å². The van der Waals surface area contributed by atoms with Gasteiger partial charge in [-0.3, -0.25) is 4.79 Å². The molecule has 0 atom stereocenters. The molecule has 0 aromatic carbocycles. The van der Waals surface area contributed by atoms with E-state index in [0.717, 1.165) is 11.3 Å². The highest BCUT2D eigenvalue weighted by Gasteiger charge is 2.01. The van der Waals surface area contributed by atoms with Crippen molar-refractivity contribution >= 4 is 11.0 Å². The van der Waals surface area contributed by atoms with Gasteiger partial charge in [-0.25, -0.2) is 4.98 Å². The summed E-state index contributed by atoms with van der Waals surface area (Å²) >= 11 is 0. The number of fused-ring (bicyclic) bond motifs is 1. The molecule has 2 aromatic rings. The molecule has 0 fully saturated rings. The predicted octanol–water partition coefficient (Wildman–Crippen LogP) is 2.57. The van der Waals surface area contributed by atoms with Crippen molar-refractivity contribution in [1.29, 1.82) is 0 Å². The molecule has 2 aromatic heterocycles. The Balaban J connectivity index is 0.000000531.